The van der Waals surface area contributed by atoms with Crippen LogP contribution in [0.1, 0.15) is 11.1 Å². The van der Waals surface area contributed by atoms with E-state index < -0.39 is 5.97 Å². The largest absolute Gasteiger partial charge is 0.504 e. The van der Waals surface area contributed by atoms with Crippen LogP contribution in [0, 0.1) is 0 Å². The molecule has 0 amide bonds. The van der Waals surface area contributed by atoms with E-state index in [1.54, 1.807) is 36.4 Å². The van der Waals surface area contributed by atoms with Gasteiger partial charge >= 0.3 is 5.97 Å². The quantitative estimate of drug-likeness (QED) is 0.323. The molecule has 6 nitrogen and oxygen atoms in total. The van der Waals surface area contributed by atoms with Gasteiger partial charge < -0.3 is 24.8 Å². The minimum Gasteiger partial charge on any atom is -0.504 e. The number of phenols is 2. The third-order valence-electron chi connectivity index (χ3n) is 3.23. The summed E-state index contributed by atoms with van der Waals surface area (Å²) in [7, 11) is 1.46. The number of aliphatic hydroxyl groups is 1. The maximum absolute atomic E-state index is 11.9. The number of benzene rings is 2. The molecule has 0 bridgehead atoms. The van der Waals surface area contributed by atoms with Crippen molar-refractivity contribution in [1.82, 2.24) is 0 Å². The van der Waals surface area contributed by atoms with Crippen LogP contribution in [0.15, 0.2) is 48.6 Å². The number of ether oxygens (including phenoxy) is 2. The van der Waals surface area contributed by atoms with Crippen LogP contribution in [0.4, 0.5) is 0 Å². The van der Waals surface area contributed by atoms with Gasteiger partial charge in [0.25, 0.3) is 0 Å². The Hall–Kier alpha value is -3.25. The van der Waals surface area contributed by atoms with Crippen molar-refractivity contribution in [2.24, 2.45) is 0 Å². The standard InChI is InChI=1S/C19H18O6/c1-24-18-12-13(3-2-10-20)5-8-17(18)25-19(23)9-6-14-4-7-15(21)16(22)11-14/h2-9,11-12,20-22H,10H2,1H3. The zero-order chi connectivity index (χ0) is 18.2. The van der Waals surface area contributed by atoms with E-state index in [2.05, 4.69) is 0 Å². The van der Waals surface area contributed by atoms with Crippen LogP contribution in [0.25, 0.3) is 12.2 Å². The van der Waals surface area contributed by atoms with Crippen molar-refractivity contribution in [2.45, 2.75) is 0 Å². The van der Waals surface area contributed by atoms with Gasteiger partial charge in [-0.2, -0.15) is 0 Å². The van der Waals surface area contributed by atoms with Crippen molar-refractivity contribution >= 4 is 18.1 Å². The normalized spacial score (nSPS) is 11.1. The van der Waals surface area contributed by atoms with Gasteiger partial charge in [0.15, 0.2) is 23.0 Å². The Balaban J connectivity index is 2.10. The number of hydrogen-bond donors (Lipinski definition) is 3. The Morgan fingerprint density at radius 2 is 1.72 bits per heavy atom. The number of aliphatic hydroxyl groups excluding tert-OH is 1. The number of aromatic hydroxyl groups is 2. The molecule has 6 heteroatoms. The van der Waals surface area contributed by atoms with Gasteiger partial charge in [0.2, 0.25) is 0 Å². The fraction of sp³-hybridized carbons (Fsp3) is 0.105. The SMILES string of the molecule is COc1cc(C=CCO)ccc1OC(=O)C=Cc1ccc(O)c(O)c1. The van der Waals surface area contributed by atoms with Crippen molar-refractivity contribution in [1.29, 1.82) is 0 Å². The summed E-state index contributed by atoms with van der Waals surface area (Å²) in [5.74, 6) is -0.496. The second-order valence-corrected chi connectivity index (χ2v) is 5.00. The lowest BCUT2D eigenvalue weighted by Gasteiger charge is -2.08. The second kappa shape index (κ2) is 8.56. The molecule has 2 aromatic carbocycles. The molecule has 2 aromatic rings. The average Bonchev–Trinajstić information content (AvgIpc) is 2.61. The van der Waals surface area contributed by atoms with Gasteiger partial charge in [-0.3, -0.25) is 0 Å². The van der Waals surface area contributed by atoms with Gasteiger partial charge in [-0.05, 0) is 41.5 Å². The second-order valence-electron chi connectivity index (χ2n) is 5.00. The van der Waals surface area contributed by atoms with Gasteiger partial charge in [0.1, 0.15) is 0 Å². The predicted molar refractivity (Wildman–Crippen MR) is 93.6 cm³/mol. The van der Waals surface area contributed by atoms with Crippen molar-refractivity contribution in [3.8, 4) is 23.0 Å². The maximum atomic E-state index is 11.9. The first-order valence-corrected chi connectivity index (χ1v) is 7.41. The molecule has 2 rings (SSSR count). The Kier molecular flexibility index (Phi) is 6.20. The van der Waals surface area contributed by atoms with E-state index in [1.165, 1.54) is 31.4 Å². The summed E-state index contributed by atoms with van der Waals surface area (Å²) in [4.78, 5) is 11.9. The van der Waals surface area contributed by atoms with E-state index in [0.29, 0.717) is 11.3 Å². The average molecular weight is 342 g/mol. The third-order valence-corrected chi connectivity index (χ3v) is 3.23. The number of carbonyl (C=O) groups is 1. The molecular weight excluding hydrogens is 324 g/mol. The minimum atomic E-state index is -0.621. The summed E-state index contributed by atoms with van der Waals surface area (Å²) in [5, 5.41) is 27.5. The molecule has 0 radical (unpaired) electrons. The van der Waals surface area contributed by atoms with Crippen molar-refractivity contribution < 1.29 is 29.6 Å². The van der Waals surface area contributed by atoms with Crippen molar-refractivity contribution in [3.63, 3.8) is 0 Å². The lowest BCUT2D eigenvalue weighted by Crippen LogP contribution is -2.05. The van der Waals surface area contributed by atoms with Crippen LogP contribution in [-0.2, 0) is 4.79 Å². The first kappa shape index (κ1) is 18.1. The Labute approximate surface area is 144 Å². The molecule has 25 heavy (non-hydrogen) atoms. The highest BCUT2D eigenvalue weighted by Crippen LogP contribution is 2.29. The molecule has 0 unspecified atom stereocenters. The maximum Gasteiger partial charge on any atom is 0.336 e. The molecule has 0 aliphatic carbocycles. The lowest BCUT2D eigenvalue weighted by atomic mass is 10.2. The Morgan fingerprint density at radius 1 is 1.00 bits per heavy atom. The zero-order valence-electron chi connectivity index (χ0n) is 13.5. The van der Waals surface area contributed by atoms with E-state index >= 15 is 0 Å². The van der Waals surface area contributed by atoms with Crippen LogP contribution in [-0.4, -0.2) is 35.0 Å². The molecule has 3 N–H and O–H groups in total. The van der Waals surface area contributed by atoms with E-state index in [4.69, 9.17) is 14.6 Å². The summed E-state index contributed by atoms with van der Waals surface area (Å²) >= 11 is 0. The molecule has 130 valence electrons. The summed E-state index contributed by atoms with van der Waals surface area (Å²) < 4.78 is 10.4. The van der Waals surface area contributed by atoms with E-state index in [9.17, 15) is 15.0 Å². The monoisotopic (exact) mass is 342 g/mol. The van der Waals surface area contributed by atoms with Gasteiger partial charge in [0.05, 0.1) is 13.7 Å². The van der Waals surface area contributed by atoms with Crippen LogP contribution in [0.2, 0.25) is 0 Å². The molecule has 0 saturated heterocycles. The minimum absolute atomic E-state index is 0.0728. The highest BCUT2D eigenvalue weighted by atomic mass is 16.6. The zero-order valence-corrected chi connectivity index (χ0v) is 13.5. The van der Waals surface area contributed by atoms with Crippen LogP contribution >= 0.6 is 0 Å². The molecule has 0 aliphatic rings. The summed E-state index contributed by atoms with van der Waals surface area (Å²) in [5.41, 5.74) is 1.32. The smallest absolute Gasteiger partial charge is 0.336 e. The summed E-state index contributed by atoms with van der Waals surface area (Å²) in [6.45, 7) is -0.0728. The summed E-state index contributed by atoms with van der Waals surface area (Å²) in [6.07, 6.45) is 5.94. The number of rotatable bonds is 6. The first-order chi connectivity index (χ1) is 12.0. The number of carbonyl (C=O) groups excluding carboxylic acids is 1. The highest BCUT2D eigenvalue weighted by Gasteiger charge is 2.08. The molecule has 0 heterocycles. The number of esters is 1. The van der Waals surface area contributed by atoms with Crippen LogP contribution < -0.4 is 9.47 Å². The van der Waals surface area contributed by atoms with E-state index in [1.807, 2.05) is 0 Å². The Morgan fingerprint density at radius 3 is 2.40 bits per heavy atom. The Bertz CT molecular complexity index is 808. The fourth-order valence-electron chi connectivity index (χ4n) is 2.01. The lowest BCUT2D eigenvalue weighted by molar-refractivity contribution is -0.129. The number of hydrogen-bond acceptors (Lipinski definition) is 6. The van der Waals surface area contributed by atoms with Gasteiger partial charge in [0, 0.05) is 6.08 Å². The molecule has 0 fully saturated rings. The van der Waals surface area contributed by atoms with E-state index in [0.717, 1.165) is 5.56 Å². The summed E-state index contributed by atoms with van der Waals surface area (Å²) in [6, 6.07) is 9.18. The van der Waals surface area contributed by atoms with Crippen LogP contribution in [0.5, 0.6) is 23.0 Å². The van der Waals surface area contributed by atoms with Gasteiger partial charge in [-0.15, -0.1) is 0 Å². The fourth-order valence-corrected chi connectivity index (χ4v) is 2.01. The van der Waals surface area contributed by atoms with E-state index in [-0.39, 0.29) is 23.9 Å². The molecule has 0 atom stereocenters. The number of phenolic OH excluding ortho intramolecular Hbond substituents is 2. The molecule has 0 spiro atoms. The molecule has 0 saturated carbocycles. The van der Waals surface area contributed by atoms with Crippen molar-refractivity contribution in [2.75, 3.05) is 13.7 Å². The van der Waals surface area contributed by atoms with Gasteiger partial charge in [-0.1, -0.05) is 24.3 Å². The molecular formula is C19H18O6. The predicted octanol–water partition coefficient (Wildman–Crippen LogP) is 2.73. The number of methoxy groups -OCH3 is 1. The molecule has 0 aromatic heterocycles. The van der Waals surface area contributed by atoms with Gasteiger partial charge in [-0.25, -0.2) is 4.79 Å². The third kappa shape index (κ3) is 5.12. The van der Waals surface area contributed by atoms with Crippen LogP contribution in [0.3, 0.4) is 0 Å². The highest BCUT2D eigenvalue weighted by molar-refractivity contribution is 5.89. The van der Waals surface area contributed by atoms with Crippen molar-refractivity contribution in [3.05, 3.63) is 59.7 Å². The first-order valence-electron chi connectivity index (χ1n) is 7.41. The topological polar surface area (TPSA) is 96.2 Å². The molecule has 0 aliphatic heterocycles.